The first-order chi connectivity index (χ1) is 8.28. The minimum absolute atomic E-state index is 0.257. The van der Waals surface area contributed by atoms with Crippen LogP contribution in [0.1, 0.15) is 18.9 Å². The van der Waals surface area contributed by atoms with E-state index in [1.165, 1.54) is 5.56 Å². The van der Waals surface area contributed by atoms with Crippen LogP contribution in [0.3, 0.4) is 0 Å². The molecule has 0 spiro atoms. The zero-order chi connectivity index (χ0) is 12.1. The zero-order valence-electron chi connectivity index (χ0n) is 10.3. The first-order valence-corrected chi connectivity index (χ1v) is 6.26. The molecule has 1 aromatic rings. The van der Waals surface area contributed by atoms with E-state index < -0.39 is 0 Å². The van der Waals surface area contributed by atoms with Gasteiger partial charge in [0.05, 0.1) is 0 Å². The lowest BCUT2D eigenvalue weighted by Crippen LogP contribution is -2.55. The van der Waals surface area contributed by atoms with E-state index in [0.717, 1.165) is 26.1 Å². The lowest BCUT2D eigenvalue weighted by Gasteiger charge is -2.37. The van der Waals surface area contributed by atoms with Crippen LogP contribution in [0.2, 0.25) is 0 Å². The molecule has 17 heavy (non-hydrogen) atoms. The fraction of sp³-hybridized carbons (Fsp3) is 0.615. The van der Waals surface area contributed by atoms with Crippen LogP contribution >= 0.6 is 0 Å². The van der Waals surface area contributed by atoms with Gasteiger partial charge in [-0.1, -0.05) is 0 Å². The molecule has 1 saturated heterocycles. The van der Waals surface area contributed by atoms with E-state index >= 15 is 0 Å². The molecule has 2 unspecified atom stereocenters. The van der Waals surface area contributed by atoms with Gasteiger partial charge in [-0.3, -0.25) is 9.88 Å². The summed E-state index contributed by atoms with van der Waals surface area (Å²) in [6, 6.07) is 5.02. The number of rotatable bonds is 4. The van der Waals surface area contributed by atoms with Gasteiger partial charge >= 0.3 is 0 Å². The van der Waals surface area contributed by atoms with Crippen molar-refractivity contribution < 1.29 is 5.11 Å². The topological polar surface area (TPSA) is 48.4 Å². The summed E-state index contributed by atoms with van der Waals surface area (Å²) in [4.78, 5) is 6.48. The maximum absolute atomic E-state index is 9.01. The van der Waals surface area contributed by atoms with Crippen molar-refractivity contribution >= 4 is 0 Å². The molecule has 4 heteroatoms. The Kier molecular flexibility index (Phi) is 4.48. The van der Waals surface area contributed by atoms with E-state index in [1.54, 1.807) is 0 Å². The van der Waals surface area contributed by atoms with Crippen LogP contribution in [0.5, 0.6) is 0 Å². The van der Waals surface area contributed by atoms with Crippen molar-refractivity contribution in [1.29, 1.82) is 0 Å². The van der Waals surface area contributed by atoms with Gasteiger partial charge in [0.1, 0.15) is 0 Å². The molecule has 2 rings (SSSR count). The van der Waals surface area contributed by atoms with E-state index in [9.17, 15) is 0 Å². The molecule has 2 N–H and O–H groups in total. The molecule has 0 radical (unpaired) electrons. The highest BCUT2D eigenvalue weighted by atomic mass is 16.3. The highest BCUT2D eigenvalue weighted by molar-refractivity contribution is 5.09. The Hall–Kier alpha value is -0.970. The van der Waals surface area contributed by atoms with Gasteiger partial charge in [0.25, 0.3) is 0 Å². The summed E-state index contributed by atoms with van der Waals surface area (Å²) in [6.07, 6.45) is 4.51. The number of hydrogen-bond donors (Lipinski definition) is 2. The van der Waals surface area contributed by atoms with Gasteiger partial charge in [-0.2, -0.15) is 0 Å². The summed E-state index contributed by atoms with van der Waals surface area (Å²) in [5.74, 6) is 0. The number of aliphatic hydroxyl groups excluding tert-OH is 1. The van der Waals surface area contributed by atoms with Gasteiger partial charge in [-0.05, 0) is 31.0 Å². The summed E-state index contributed by atoms with van der Waals surface area (Å²) < 4.78 is 0. The van der Waals surface area contributed by atoms with Crippen molar-refractivity contribution in [3.63, 3.8) is 0 Å². The van der Waals surface area contributed by atoms with Gasteiger partial charge in [0.15, 0.2) is 0 Å². The van der Waals surface area contributed by atoms with E-state index in [0.29, 0.717) is 12.1 Å². The maximum atomic E-state index is 9.01. The van der Waals surface area contributed by atoms with E-state index in [1.807, 2.05) is 12.4 Å². The number of aromatic nitrogens is 1. The standard InChI is InChI=1S/C13H21N3O/c1-11-8-16(10-13(15-11)4-7-17)9-12-2-5-14-6-3-12/h2-3,5-6,11,13,15,17H,4,7-10H2,1H3. The molecule has 0 saturated carbocycles. The second-order valence-electron chi connectivity index (χ2n) is 4.83. The number of pyridine rings is 1. The van der Waals surface area contributed by atoms with Crippen LogP contribution in [0, 0.1) is 0 Å². The highest BCUT2D eigenvalue weighted by Gasteiger charge is 2.23. The smallest absolute Gasteiger partial charge is 0.0446 e. The van der Waals surface area contributed by atoms with Gasteiger partial charge < -0.3 is 10.4 Å². The molecule has 1 aliphatic rings. The van der Waals surface area contributed by atoms with Crippen LogP contribution in [-0.2, 0) is 6.54 Å². The predicted octanol–water partition coefficient (Wildman–Crippen LogP) is 0.626. The van der Waals surface area contributed by atoms with Crippen molar-refractivity contribution in [2.24, 2.45) is 0 Å². The molecule has 94 valence electrons. The summed E-state index contributed by atoms with van der Waals surface area (Å²) in [5.41, 5.74) is 1.30. The van der Waals surface area contributed by atoms with Crippen molar-refractivity contribution in [2.45, 2.75) is 32.0 Å². The first-order valence-electron chi connectivity index (χ1n) is 6.26. The van der Waals surface area contributed by atoms with Gasteiger partial charge in [0, 0.05) is 50.7 Å². The third kappa shape index (κ3) is 3.77. The molecule has 0 aliphatic carbocycles. The molecule has 2 atom stereocenters. The minimum Gasteiger partial charge on any atom is -0.396 e. The monoisotopic (exact) mass is 235 g/mol. The van der Waals surface area contributed by atoms with E-state index in [4.69, 9.17) is 5.11 Å². The summed E-state index contributed by atoms with van der Waals surface area (Å²) >= 11 is 0. The van der Waals surface area contributed by atoms with E-state index in [-0.39, 0.29) is 6.61 Å². The van der Waals surface area contributed by atoms with Crippen molar-refractivity contribution in [2.75, 3.05) is 19.7 Å². The molecule has 1 fully saturated rings. The number of hydrogen-bond acceptors (Lipinski definition) is 4. The Bertz CT molecular complexity index is 331. The van der Waals surface area contributed by atoms with Gasteiger partial charge in [0.2, 0.25) is 0 Å². The third-order valence-corrected chi connectivity index (χ3v) is 3.16. The molecule has 4 nitrogen and oxygen atoms in total. The van der Waals surface area contributed by atoms with Crippen molar-refractivity contribution in [3.05, 3.63) is 30.1 Å². The summed E-state index contributed by atoms with van der Waals surface area (Å²) in [5, 5.41) is 12.5. The molecule has 0 amide bonds. The molecule has 0 aromatic carbocycles. The largest absolute Gasteiger partial charge is 0.396 e. The lowest BCUT2D eigenvalue weighted by atomic mass is 10.1. The normalized spacial score (nSPS) is 26.0. The molecule has 0 bridgehead atoms. The SMILES string of the molecule is CC1CN(Cc2ccncc2)CC(CCO)N1. The van der Waals surface area contributed by atoms with Crippen LogP contribution in [0.25, 0.3) is 0 Å². The average Bonchev–Trinajstić information content (AvgIpc) is 2.30. The van der Waals surface area contributed by atoms with Gasteiger partial charge in [-0.15, -0.1) is 0 Å². The van der Waals surface area contributed by atoms with Crippen LogP contribution in [-0.4, -0.2) is 46.8 Å². The Morgan fingerprint density at radius 1 is 1.41 bits per heavy atom. The highest BCUT2D eigenvalue weighted by Crippen LogP contribution is 2.11. The Balaban J connectivity index is 1.92. The summed E-state index contributed by atoms with van der Waals surface area (Å²) in [7, 11) is 0. The second-order valence-corrected chi connectivity index (χ2v) is 4.83. The Labute approximate surface area is 103 Å². The number of aliphatic hydroxyl groups is 1. The second kappa shape index (κ2) is 6.10. The maximum Gasteiger partial charge on any atom is 0.0446 e. The Morgan fingerprint density at radius 3 is 2.88 bits per heavy atom. The first kappa shape index (κ1) is 12.5. The predicted molar refractivity (Wildman–Crippen MR) is 67.6 cm³/mol. The molecule has 1 aliphatic heterocycles. The lowest BCUT2D eigenvalue weighted by molar-refractivity contribution is 0.141. The van der Waals surface area contributed by atoms with Crippen LogP contribution in [0.15, 0.2) is 24.5 Å². The van der Waals surface area contributed by atoms with Crippen molar-refractivity contribution in [3.8, 4) is 0 Å². The number of piperazine rings is 1. The summed E-state index contributed by atoms with van der Waals surface area (Å²) in [6.45, 7) is 5.49. The molecule has 1 aromatic heterocycles. The molecular formula is C13H21N3O. The van der Waals surface area contributed by atoms with E-state index in [2.05, 4.69) is 34.3 Å². The van der Waals surface area contributed by atoms with Crippen LogP contribution in [0.4, 0.5) is 0 Å². The zero-order valence-corrected chi connectivity index (χ0v) is 10.3. The minimum atomic E-state index is 0.257. The molecule has 2 heterocycles. The number of nitrogens with zero attached hydrogens (tertiary/aromatic N) is 2. The fourth-order valence-corrected chi connectivity index (χ4v) is 2.49. The van der Waals surface area contributed by atoms with Gasteiger partial charge in [-0.25, -0.2) is 0 Å². The quantitative estimate of drug-likeness (QED) is 0.803. The van der Waals surface area contributed by atoms with Crippen molar-refractivity contribution in [1.82, 2.24) is 15.2 Å². The number of nitrogens with one attached hydrogen (secondary N) is 1. The average molecular weight is 235 g/mol. The third-order valence-electron chi connectivity index (χ3n) is 3.16. The Morgan fingerprint density at radius 2 is 2.18 bits per heavy atom. The fourth-order valence-electron chi connectivity index (χ4n) is 2.49. The molecular weight excluding hydrogens is 214 g/mol. The van der Waals surface area contributed by atoms with Crippen LogP contribution < -0.4 is 5.32 Å².